The number of benzene rings is 1. The predicted molar refractivity (Wildman–Crippen MR) is 125 cm³/mol. The molecule has 2 rings (SSSR count). The van der Waals surface area contributed by atoms with Crippen LogP contribution in [0.1, 0.15) is 45.1 Å². The Balaban J connectivity index is 2.21. The molecule has 0 saturated heterocycles. The van der Waals surface area contributed by atoms with Crippen LogP contribution in [0, 0.1) is 11.3 Å². The summed E-state index contributed by atoms with van der Waals surface area (Å²) in [7, 11) is 0. The number of halogens is 1. The van der Waals surface area contributed by atoms with E-state index in [0.717, 1.165) is 6.08 Å². The number of amidine groups is 1. The highest BCUT2D eigenvalue weighted by atomic mass is 19.1. The van der Waals surface area contributed by atoms with Crippen molar-refractivity contribution in [3.63, 3.8) is 0 Å². The average Bonchev–Trinajstić information content (AvgIpc) is 2.87. The van der Waals surface area contributed by atoms with E-state index in [9.17, 15) is 23.9 Å². The second-order valence-corrected chi connectivity index (χ2v) is 8.01. The molecular weight excluding hydrogens is 477 g/mol. The number of carbonyl (C=O) groups is 3. The van der Waals surface area contributed by atoms with Gasteiger partial charge in [-0.1, -0.05) is 35.5 Å². The Kier molecular flexibility index (Phi) is 11.1. The molecular formula is C24H32FN3O8. The van der Waals surface area contributed by atoms with Crippen LogP contribution in [0.25, 0.3) is 0 Å². The highest BCUT2D eigenvalue weighted by molar-refractivity contribution is 5.95. The predicted octanol–water partition coefficient (Wildman–Crippen LogP) is 2.94. The topological polar surface area (TPSA) is 147 Å². The van der Waals surface area contributed by atoms with E-state index in [1.807, 2.05) is 0 Å². The minimum atomic E-state index is -1.75. The first-order valence-electron chi connectivity index (χ1n) is 11.6. The van der Waals surface area contributed by atoms with Gasteiger partial charge in [0.05, 0.1) is 25.9 Å². The van der Waals surface area contributed by atoms with E-state index in [-0.39, 0.29) is 51.3 Å². The van der Waals surface area contributed by atoms with Gasteiger partial charge in [-0.25, -0.2) is 18.8 Å². The van der Waals surface area contributed by atoms with Gasteiger partial charge in [0.25, 0.3) is 0 Å². The molecule has 1 aromatic rings. The highest BCUT2D eigenvalue weighted by Crippen LogP contribution is 2.35. The molecule has 1 aliphatic rings. The number of aliphatic hydroxyl groups excluding tert-OH is 1. The second kappa shape index (κ2) is 14.0. The molecule has 1 fully saturated rings. The van der Waals surface area contributed by atoms with Gasteiger partial charge in [-0.15, -0.1) is 0 Å². The van der Waals surface area contributed by atoms with Gasteiger partial charge in [0.1, 0.15) is 12.3 Å². The minimum absolute atomic E-state index is 0.00770. The van der Waals surface area contributed by atoms with Crippen molar-refractivity contribution in [3.8, 4) is 0 Å². The fourth-order valence-corrected chi connectivity index (χ4v) is 3.42. The van der Waals surface area contributed by atoms with Crippen molar-refractivity contribution < 1.29 is 42.9 Å². The zero-order valence-electron chi connectivity index (χ0n) is 20.3. The zero-order valence-corrected chi connectivity index (χ0v) is 20.3. The van der Waals surface area contributed by atoms with Gasteiger partial charge >= 0.3 is 18.0 Å². The van der Waals surface area contributed by atoms with Crippen LogP contribution in [0.2, 0.25) is 0 Å². The minimum Gasteiger partial charge on any atom is -0.463 e. The molecule has 3 N–H and O–H groups in total. The third-order valence-electron chi connectivity index (χ3n) is 5.38. The maximum atomic E-state index is 14.5. The molecule has 0 bridgehead atoms. The van der Waals surface area contributed by atoms with Crippen LogP contribution in [-0.4, -0.2) is 59.6 Å². The Morgan fingerprint density at radius 3 is 2.36 bits per heavy atom. The van der Waals surface area contributed by atoms with Gasteiger partial charge in [-0.05, 0) is 45.1 Å². The maximum absolute atomic E-state index is 14.5. The molecule has 0 radical (unpaired) electrons. The van der Waals surface area contributed by atoms with E-state index in [4.69, 9.17) is 24.5 Å². The molecule has 0 atom stereocenters. The fourth-order valence-electron chi connectivity index (χ4n) is 3.42. The fraction of sp³-hybridized carbons (Fsp3) is 0.500. The Labute approximate surface area is 208 Å². The summed E-state index contributed by atoms with van der Waals surface area (Å²) in [5.74, 6) is -3.47. The lowest BCUT2D eigenvalue weighted by Crippen LogP contribution is -2.50. The summed E-state index contributed by atoms with van der Waals surface area (Å²) < 4.78 is 29.3. The van der Waals surface area contributed by atoms with E-state index in [2.05, 4.69) is 5.43 Å². The van der Waals surface area contributed by atoms with Crippen LogP contribution in [0.3, 0.4) is 0 Å². The number of hydroxylamine groups is 1. The summed E-state index contributed by atoms with van der Waals surface area (Å²) in [6.07, 6.45) is 0.0600. The van der Waals surface area contributed by atoms with Crippen molar-refractivity contribution in [2.24, 2.45) is 5.92 Å². The Morgan fingerprint density at radius 2 is 1.78 bits per heavy atom. The molecule has 11 nitrogen and oxygen atoms in total. The largest absolute Gasteiger partial charge is 0.463 e. The molecule has 0 aromatic heterocycles. The van der Waals surface area contributed by atoms with E-state index < -0.39 is 42.0 Å². The average molecular weight is 510 g/mol. The summed E-state index contributed by atoms with van der Waals surface area (Å²) in [4.78, 5) is 42.3. The number of hydrogen-bond acceptors (Lipinski definition) is 9. The molecule has 0 unspecified atom stereocenters. The number of hydrazine groups is 1. The summed E-state index contributed by atoms with van der Waals surface area (Å²) >= 11 is 0. The Morgan fingerprint density at radius 1 is 1.14 bits per heavy atom. The summed E-state index contributed by atoms with van der Waals surface area (Å²) in [6, 6.07) is 8.84. The Hall–Kier alpha value is -3.67. The lowest BCUT2D eigenvalue weighted by molar-refractivity contribution is -0.157. The second-order valence-electron chi connectivity index (χ2n) is 8.01. The molecule has 1 saturated carbocycles. The SMILES string of the molecule is CCOC(=O)C=C(ON(NC(=O)OCc1ccccc1)C(=N)C1CCC(F)(CO)CC1)C(=O)OCC. The smallest absolute Gasteiger partial charge is 0.429 e. The summed E-state index contributed by atoms with van der Waals surface area (Å²) in [6.45, 7) is 2.41. The normalized spacial score (nSPS) is 19.6. The van der Waals surface area contributed by atoms with E-state index in [1.54, 1.807) is 44.2 Å². The molecule has 0 heterocycles. The summed E-state index contributed by atoms with van der Waals surface area (Å²) in [5.41, 5.74) is 1.20. The number of ether oxygens (including phenoxy) is 3. The first-order chi connectivity index (χ1) is 17.2. The zero-order chi connectivity index (χ0) is 26.6. The van der Waals surface area contributed by atoms with Gasteiger partial charge < -0.3 is 24.2 Å². The van der Waals surface area contributed by atoms with Crippen molar-refractivity contribution in [1.29, 1.82) is 5.41 Å². The molecule has 1 amide bonds. The van der Waals surface area contributed by atoms with Crippen molar-refractivity contribution in [1.82, 2.24) is 10.6 Å². The van der Waals surface area contributed by atoms with Crippen LogP contribution in [0.5, 0.6) is 0 Å². The maximum Gasteiger partial charge on any atom is 0.429 e. The van der Waals surface area contributed by atoms with Gasteiger partial charge in [-0.2, -0.15) is 5.43 Å². The van der Waals surface area contributed by atoms with Crippen LogP contribution in [0.4, 0.5) is 9.18 Å². The van der Waals surface area contributed by atoms with Gasteiger partial charge in [0.15, 0.2) is 5.84 Å². The lowest BCUT2D eigenvalue weighted by atomic mass is 9.80. The number of aliphatic hydroxyl groups is 1. The standard InChI is InChI=1S/C24H32FN3O8/c1-3-33-20(30)14-19(22(31)34-4-2)36-28(21(26)18-10-12-24(25,16-29)13-11-18)27-23(32)35-15-17-8-6-5-7-9-17/h5-9,14,18,26,29H,3-4,10-13,15-16H2,1-2H3,(H,27,32). The van der Waals surface area contributed by atoms with Crippen LogP contribution in [0.15, 0.2) is 42.2 Å². The number of esters is 2. The molecule has 0 spiro atoms. The molecule has 1 aliphatic carbocycles. The van der Waals surface area contributed by atoms with E-state index in [0.29, 0.717) is 10.7 Å². The van der Waals surface area contributed by atoms with Crippen LogP contribution >= 0.6 is 0 Å². The van der Waals surface area contributed by atoms with Gasteiger partial charge in [0, 0.05) is 5.92 Å². The highest BCUT2D eigenvalue weighted by Gasteiger charge is 2.38. The first-order valence-corrected chi connectivity index (χ1v) is 11.6. The van der Waals surface area contributed by atoms with Gasteiger partial charge in [-0.3, -0.25) is 5.41 Å². The number of nitrogens with zero attached hydrogens (tertiary/aromatic N) is 1. The number of hydrogen-bond donors (Lipinski definition) is 3. The van der Waals surface area contributed by atoms with Crippen molar-refractivity contribution in [2.45, 2.75) is 51.8 Å². The van der Waals surface area contributed by atoms with Crippen molar-refractivity contribution in [3.05, 3.63) is 47.7 Å². The third-order valence-corrected chi connectivity index (χ3v) is 5.38. The summed E-state index contributed by atoms with van der Waals surface area (Å²) in [5, 5.41) is 18.4. The number of amides is 1. The first kappa shape index (κ1) is 28.6. The number of nitrogens with one attached hydrogen (secondary N) is 2. The van der Waals surface area contributed by atoms with Gasteiger partial charge in [0.2, 0.25) is 5.76 Å². The van der Waals surface area contributed by atoms with Crippen LogP contribution < -0.4 is 5.43 Å². The molecule has 36 heavy (non-hydrogen) atoms. The number of rotatable bonds is 10. The van der Waals surface area contributed by atoms with Crippen molar-refractivity contribution >= 4 is 23.9 Å². The van der Waals surface area contributed by atoms with Crippen LogP contribution in [-0.2, 0) is 35.2 Å². The van der Waals surface area contributed by atoms with E-state index >= 15 is 0 Å². The monoisotopic (exact) mass is 509 g/mol. The molecule has 0 aliphatic heterocycles. The lowest BCUT2D eigenvalue weighted by Gasteiger charge is -2.35. The quantitative estimate of drug-likeness (QED) is 0.0823. The number of alkyl halides is 1. The number of carbonyl (C=O) groups excluding carboxylic acids is 3. The molecule has 1 aromatic carbocycles. The van der Waals surface area contributed by atoms with Crippen molar-refractivity contribution in [2.75, 3.05) is 19.8 Å². The third kappa shape index (κ3) is 8.84. The molecule has 12 heteroatoms. The molecule has 198 valence electrons. The van der Waals surface area contributed by atoms with E-state index in [1.165, 1.54) is 0 Å². The Bertz CT molecular complexity index is 933.